The lowest BCUT2D eigenvalue weighted by atomic mass is 9.83. The third-order valence-corrected chi connectivity index (χ3v) is 3.80. The Hall–Kier alpha value is -1.13. The van der Waals surface area contributed by atoms with Crippen LogP contribution >= 0.6 is 12.4 Å². The highest BCUT2D eigenvalue weighted by Gasteiger charge is 2.30. The second kappa shape index (κ2) is 7.04. The van der Waals surface area contributed by atoms with Gasteiger partial charge in [-0.1, -0.05) is 12.1 Å². The van der Waals surface area contributed by atoms with Crippen molar-refractivity contribution in [2.24, 2.45) is 0 Å². The third-order valence-electron chi connectivity index (χ3n) is 3.80. The van der Waals surface area contributed by atoms with Gasteiger partial charge in [-0.05, 0) is 50.9 Å². The minimum atomic E-state index is -0.647. The molecule has 1 atom stereocenters. The SMILES string of the molecule is CC(C)(C(=O)NCC1CCCN1)c1ccc(F)cc1.Cl. The summed E-state index contributed by atoms with van der Waals surface area (Å²) in [6, 6.07) is 6.50. The van der Waals surface area contributed by atoms with Gasteiger partial charge in [0.15, 0.2) is 0 Å². The van der Waals surface area contributed by atoms with Crippen LogP contribution in [0.1, 0.15) is 32.3 Å². The van der Waals surface area contributed by atoms with Crippen LogP contribution in [-0.2, 0) is 10.2 Å². The lowest BCUT2D eigenvalue weighted by Gasteiger charge is -2.25. The van der Waals surface area contributed by atoms with Crippen molar-refractivity contribution in [2.45, 2.75) is 38.1 Å². The van der Waals surface area contributed by atoms with E-state index in [0.29, 0.717) is 12.6 Å². The van der Waals surface area contributed by atoms with Crippen LogP contribution < -0.4 is 10.6 Å². The Morgan fingerprint density at radius 2 is 2.05 bits per heavy atom. The summed E-state index contributed by atoms with van der Waals surface area (Å²) in [6.07, 6.45) is 2.28. The molecule has 1 amide bonds. The molecule has 0 aliphatic carbocycles. The molecule has 2 N–H and O–H groups in total. The maximum absolute atomic E-state index is 12.9. The van der Waals surface area contributed by atoms with Gasteiger partial charge in [0.25, 0.3) is 0 Å². The molecule has 1 aliphatic heterocycles. The van der Waals surface area contributed by atoms with E-state index in [1.807, 2.05) is 13.8 Å². The Morgan fingerprint density at radius 3 is 2.60 bits per heavy atom. The number of nitrogens with one attached hydrogen (secondary N) is 2. The Bertz CT molecular complexity index is 442. The molecule has 0 radical (unpaired) electrons. The fourth-order valence-corrected chi connectivity index (χ4v) is 2.37. The molecule has 2 rings (SSSR count). The molecule has 5 heteroatoms. The van der Waals surface area contributed by atoms with E-state index in [4.69, 9.17) is 0 Å². The van der Waals surface area contributed by atoms with Crippen molar-refractivity contribution in [3.63, 3.8) is 0 Å². The van der Waals surface area contributed by atoms with Crippen molar-refractivity contribution < 1.29 is 9.18 Å². The van der Waals surface area contributed by atoms with Gasteiger partial charge in [-0.25, -0.2) is 4.39 Å². The van der Waals surface area contributed by atoms with E-state index in [1.54, 1.807) is 12.1 Å². The Balaban J connectivity index is 0.00000200. The van der Waals surface area contributed by atoms with Gasteiger partial charge < -0.3 is 10.6 Å². The number of rotatable bonds is 4. The smallest absolute Gasteiger partial charge is 0.230 e. The second-order valence-corrected chi connectivity index (χ2v) is 5.64. The molecule has 3 nitrogen and oxygen atoms in total. The molecule has 20 heavy (non-hydrogen) atoms. The molecule has 1 heterocycles. The van der Waals surface area contributed by atoms with Gasteiger partial charge in [0, 0.05) is 12.6 Å². The first-order chi connectivity index (χ1) is 9.00. The van der Waals surface area contributed by atoms with Gasteiger partial charge in [0.2, 0.25) is 5.91 Å². The van der Waals surface area contributed by atoms with Crippen LogP contribution in [0.4, 0.5) is 4.39 Å². The van der Waals surface area contributed by atoms with Gasteiger partial charge in [-0.15, -0.1) is 12.4 Å². The van der Waals surface area contributed by atoms with Crippen LogP contribution in [0.5, 0.6) is 0 Å². The fraction of sp³-hybridized carbons (Fsp3) is 0.533. The van der Waals surface area contributed by atoms with Crippen molar-refractivity contribution in [1.82, 2.24) is 10.6 Å². The molecule has 0 spiro atoms. The summed E-state index contributed by atoms with van der Waals surface area (Å²) in [5.41, 5.74) is 0.178. The first-order valence-corrected chi connectivity index (χ1v) is 6.78. The molecular weight excluding hydrogens is 279 g/mol. The molecular formula is C15H22ClFN2O. The minimum absolute atomic E-state index is 0. The lowest BCUT2D eigenvalue weighted by Crippen LogP contribution is -2.45. The van der Waals surface area contributed by atoms with E-state index in [1.165, 1.54) is 18.6 Å². The van der Waals surface area contributed by atoms with Crippen molar-refractivity contribution >= 4 is 18.3 Å². The van der Waals surface area contributed by atoms with E-state index in [-0.39, 0.29) is 24.1 Å². The van der Waals surface area contributed by atoms with E-state index in [2.05, 4.69) is 10.6 Å². The molecule has 1 saturated heterocycles. The highest BCUT2D eigenvalue weighted by molar-refractivity contribution is 5.87. The van der Waals surface area contributed by atoms with Crippen LogP contribution in [0.3, 0.4) is 0 Å². The normalized spacial score (nSPS) is 18.4. The highest BCUT2D eigenvalue weighted by Crippen LogP contribution is 2.23. The molecule has 0 saturated carbocycles. The number of carbonyl (C=O) groups is 1. The third kappa shape index (κ3) is 3.93. The van der Waals surface area contributed by atoms with Gasteiger partial charge >= 0.3 is 0 Å². The molecule has 1 fully saturated rings. The number of carbonyl (C=O) groups excluding carboxylic acids is 1. The lowest BCUT2D eigenvalue weighted by molar-refractivity contribution is -0.125. The molecule has 1 aliphatic rings. The standard InChI is InChI=1S/C15H21FN2O.ClH/c1-15(2,11-5-7-12(16)8-6-11)14(19)18-10-13-4-3-9-17-13;/h5-8,13,17H,3-4,9-10H2,1-2H3,(H,18,19);1H. The van der Waals surface area contributed by atoms with Gasteiger partial charge in [0.1, 0.15) is 5.82 Å². The van der Waals surface area contributed by atoms with Crippen molar-refractivity contribution in [3.8, 4) is 0 Å². The number of hydrogen-bond acceptors (Lipinski definition) is 2. The Kier molecular flexibility index (Phi) is 5.96. The average molecular weight is 301 g/mol. The van der Waals surface area contributed by atoms with Crippen LogP contribution in [0.25, 0.3) is 0 Å². The number of halogens is 2. The first-order valence-electron chi connectivity index (χ1n) is 6.78. The maximum Gasteiger partial charge on any atom is 0.230 e. The summed E-state index contributed by atoms with van der Waals surface area (Å²) in [6.45, 7) is 5.40. The van der Waals surface area contributed by atoms with Crippen LogP contribution in [0.15, 0.2) is 24.3 Å². The van der Waals surface area contributed by atoms with Gasteiger partial charge in [0.05, 0.1) is 5.41 Å². The highest BCUT2D eigenvalue weighted by atomic mass is 35.5. The summed E-state index contributed by atoms with van der Waals surface area (Å²) >= 11 is 0. The molecule has 1 unspecified atom stereocenters. The number of hydrogen-bond donors (Lipinski definition) is 2. The minimum Gasteiger partial charge on any atom is -0.354 e. The van der Waals surface area contributed by atoms with E-state index < -0.39 is 5.41 Å². The van der Waals surface area contributed by atoms with E-state index >= 15 is 0 Å². The van der Waals surface area contributed by atoms with Gasteiger partial charge in [-0.3, -0.25) is 4.79 Å². The van der Waals surface area contributed by atoms with Crippen LogP contribution in [0.2, 0.25) is 0 Å². The van der Waals surface area contributed by atoms with Crippen LogP contribution in [0, 0.1) is 5.82 Å². The predicted octanol–water partition coefficient (Wildman–Crippen LogP) is 2.39. The predicted molar refractivity (Wildman–Crippen MR) is 80.7 cm³/mol. The summed E-state index contributed by atoms with van der Waals surface area (Å²) in [7, 11) is 0. The van der Waals surface area contributed by atoms with E-state index in [0.717, 1.165) is 18.5 Å². The molecule has 0 bridgehead atoms. The van der Waals surface area contributed by atoms with Gasteiger partial charge in [-0.2, -0.15) is 0 Å². The molecule has 0 aromatic heterocycles. The summed E-state index contributed by atoms with van der Waals surface area (Å²) < 4.78 is 12.9. The van der Waals surface area contributed by atoms with Crippen LogP contribution in [-0.4, -0.2) is 25.0 Å². The second-order valence-electron chi connectivity index (χ2n) is 5.64. The zero-order valence-electron chi connectivity index (χ0n) is 11.9. The fourth-order valence-electron chi connectivity index (χ4n) is 2.37. The maximum atomic E-state index is 12.9. The zero-order valence-corrected chi connectivity index (χ0v) is 12.7. The Labute approximate surface area is 125 Å². The van der Waals surface area contributed by atoms with E-state index in [9.17, 15) is 9.18 Å². The largest absolute Gasteiger partial charge is 0.354 e. The van der Waals surface area contributed by atoms with Crippen molar-refractivity contribution in [2.75, 3.05) is 13.1 Å². The molecule has 112 valence electrons. The Morgan fingerprint density at radius 1 is 1.40 bits per heavy atom. The van der Waals surface area contributed by atoms with Crippen molar-refractivity contribution in [1.29, 1.82) is 0 Å². The molecule has 1 aromatic carbocycles. The quantitative estimate of drug-likeness (QED) is 0.896. The summed E-state index contributed by atoms with van der Waals surface area (Å²) in [5, 5.41) is 6.33. The number of amides is 1. The zero-order chi connectivity index (χ0) is 13.9. The number of benzene rings is 1. The topological polar surface area (TPSA) is 41.1 Å². The average Bonchev–Trinajstić information content (AvgIpc) is 2.89. The molecule has 1 aromatic rings. The summed E-state index contributed by atoms with van der Waals surface area (Å²) in [4.78, 5) is 12.3. The first kappa shape index (κ1) is 16.9. The van der Waals surface area contributed by atoms with Crippen molar-refractivity contribution in [3.05, 3.63) is 35.6 Å². The summed E-state index contributed by atoms with van der Waals surface area (Å²) in [5.74, 6) is -0.303. The monoisotopic (exact) mass is 300 g/mol.